The van der Waals surface area contributed by atoms with E-state index in [4.69, 9.17) is 11.6 Å². The van der Waals surface area contributed by atoms with Gasteiger partial charge < -0.3 is 10.2 Å². The van der Waals surface area contributed by atoms with E-state index in [0.717, 1.165) is 12.8 Å². The normalized spacial score (nSPS) is 18.7. The van der Waals surface area contributed by atoms with E-state index in [1.807, 2.05) is 0 Å². The predicted molar refractivity (Wildman–Crippen MR) is 75.0 cm³/mol. The molecule has 1 aromatic heterocycles. The van der Waals surface area contributed by atoms with Gasteiger partial charge in [0, 0.05) is 19.7 Å². The zero-order valence-electron chi connectivity index (χ0n) is 11.0. The Labute approximate surface area is 121 Å². The van der Waals surface area contributed by atoms with Crippen molar-refractivity contribution in [2.75, 3.05) is 18.5 Å². The fraction of sp³-hybridized carbons (Fsp3) is 0.500. The number of nitrogens with one attached hydrogen (secondary N) is 1. The summed E-state index contributed by atoms with van der Waals surface area (Å²) in [5.74, 6) is -0.00317. The van der Waals surface area contributed by atoms with Crippen LogP contribution >= 0.6 is 11.6 Å². The summed E-state index contributed by atoms with van der Waals surface area (Å²) in [6.45, 7) is 0.548. The number of hydrogen-bond acceptors (Lipinski definition) is 5. The Balaban J connectivity index is 2.44. The first-order valence-electron chi connectivity index (χ1n) is 6.33. The number of carbonyl (C=O) groups is 1. The molecule has 1 amide bonds. The van der Waals surface area contributed by atoms with Crippen LogP contribution in [0.15, 0.2) is 12.1 Å². The van der Waals surface area contributed by atoms with E-state index in [9.17, 15) is 14.9 Å². The number of pyridine rings is 1. The molecule has 0 spiro atoms. The van der Waals surface area contributed by atoms with Crippen LogP contribution in [0.3, 0.4) is 0 Å². The summed E-state index contributed by atoms with van der Waals surface area (Å²) in [5, 5.41) is 13.9. The Hall–Kier alpha value is -1.89. The number of amides is 1. The van der Waals surface area contributed by atoms with Crippen LogP contribution in [0.2, 0.25) is 5.15 Å². The smallest absolute Gasteiger partial charge is 0.311 e. The molecule has 1 aromatic rings. The van der Waals surface area contributed by atoms with Gasteiger partial charge in [-0.2, -0.15) is 0 Å². The van der Waals surface area contributed by atoms with Crippen LogP contribution < -0.4 is 10.2 Å². The topological polar surface area (TPSA) is 88.4 Å². The maximum absolute atomic E-state index is 11.9. The summed E-state index contributed by atoms with van der Waals surface area (Å²) in [5.41, 5.74) is -0.134. The molecular weight excluding hydrogens is 284 g/mol. The number of rotatable bonds is 3. The second kappa shape index (κ2) is 6.04. The minimum atomic E-state index is -0.506. The van der Waals surface area contributed by atoms with Crippen molar-refractivity contribution in [3.05, 3.63) is 27.4 Å². The molecule has 20 heavy (non-hydrogen) atoms. The average molecular weight is 299 g/mol. The molecule has 8 heteroatoms. The van der Waals surface area contributed by atoms with E-state index in [1.54, 1.807) is 11.9 Å². The molecule has 1 saturated heterocycles. The van der Waals surface area contributed by atoms with Gasteiger partial charge in [-0.3, -0.25) is 14.9 Å². The lowest BCUT2D eigenvalue weighted by Gasteiger charge is -2.34. The lowest BCUT2D eigenvalue weighted by Crippen LogP contribution is -2.49. The number of aromatic nitrogens is 1. The van der Waals surface area contributed by atoms with Gasteiger partial charge in [-0.15, -0.1) is 0 Å². The second-order valence-electron chi connectivity index (χ2n) is 4.55. The number of anilines is 1. The zero-order valence-corrected chi connectivity index (χ0v) is 11.8. The third kappa shape index (κ3) is 2.82. The largest absolute Gasteiger partial charge is 0.357 e. The highest BCUT2D eigenvalue weighted by Crippen LogP contribution is 2.32. The van der Waals surface area contributed by atoms with Crippen LogP contribution in [0.4, 0.5) is 11.5 Å². The van der Waals surface area contributed by atoms with Crippen molar-refractivity contribution in [2.24, 2.45) is 0 Å². The van der Waals surface area contributed by atoms with E-state index < -0.39 is 11.0 Å². The SMILES string of the molecule is CNC(=O)C1CCCCN1c1nc(Cl)ccc1[N+](=O)[O-]. The molecule has 1 unspecified atom stereocenters. The Bertz CT molecular complexity index is 537. The molecule has 2 rings (SSSR count). The molecule has 1 aliphatic rings. The number of halogens is 1. The quantitative estimate of drug-likeness (QED) is 0.522. The van der Waals surface area contributed by atoms with Crippen LogP contribution in [-0.2, 0) is 4.79 Å². The van der Waals surface area contributed by atoms with Gasteiger partial charge in [-0.05, 0) is 25.3 Å². The molecule has 1 atom stereocenters. The number of piperidine rings is 1. The van der Waals surface area contributed by atoms with E-state index in [-0.39, 0.29) is 22.6 Å². The number of nitrogens with zero attached hydrogens (tertiary/aromatic N) is 3. The minimum absolute atomic E-state index is 0.134. The molecule has 0 aromatic carbocycles. The highest BCUT2D eigenvalue weighted by Gasteiger charge is 2.33. The third-order valence-electron chi connectivity index (χ3n) is 3.34. The first-order chi connectivity index (χ1) is 9.54. The minimum Gasteiger partial charge on any atom is -0.357 e. The van der Waals surface area contributed by atoms with Crippen molar-refractivity contribution in [1.29, 1.82) is 0 Å². The molecular formula is C12H15ClN4O3. The molecule has 7 nitrogen and oxygen atoms in total. The Morgan fingerprint density at radius 1 is 1.55 bits per heavy atom. The highest BCUT2D eigenvalue weighted by molar-refractivity contribution is 6.29. The van der Waals surface area contributed by atoms with Crippen LogP contribution in [0.1, 0.15) is 19.3 Å². The van der Waals surface area contributed by atoms with Crippen LogP contribution in [-0.4, -0.2) is 35.4 Å². The standard InChI is InChI=1S/C12H15ClN4O3/c1-14-12(18)9-4-2-3-7-16(9)11-8(17(19)20)5-6-10(13)15-11/h5-6,9H,2-4,7H2,1H3,(H,14,18). The first-order valence-corrected chi connectivity index (χ1v) is 6.71. The Kier molecular flexibility index (Phi) is 4.39. The fourth-order valence-electron chi connectivity index (χ4n) is 2.40. The average Bonchev–Trinajstić information content (AvgIpc) is 2.46. The summed E-state index contributed by atoms with van der Waals surface area (Å²) in [4.78, 5) is 28.3. The molecule has 1 aliphatic heterocycles. The van der Waals surface area contributed by atoms with E-state index in [0.29, 0.717) is 13.0 Å². The van der Waals surface area contributed by atoms with Gasteiger partial charge in [0.1, 0.15) is 11.2 Å². The first kappa shape index (κ1) is 14.5. The number of nitro groups is 1. The van der Waals surface area contributed by atoms with Crippen molar-refractivity contribution in [3.8, 4) is 0 Å². The number of carbonyl (C=O) groups excluding carboxylic acids is 1. The summed E-state index contributed by atoms with van der Waals surface area (Å²) >= 11 is 5.84. The lowest BCUT2D eigenvalue weighted by atomic mass is 10.0. The van der Waals surface area contributed by atoms with Gasteiger partial charge in [0.15, 0.2) is 0 Å². The van der Waals surface area contributed by atoms with Crippen LogP contribution in [0, 0.1) is 10.1 Å². The van der Waals surface area contributed by atoms with Gasteiger partial charge in [-0.25, -0.2) is 4.98 Å². The maximum atomic E-state index is 11.9. The van der Waals surface area contributed by atoms with Gasteiger partial charge >= 0.3 is 5.69 Å². The van der Waals surface area contributed by atoms with Crippen molar-refractivity contribution < 1.29 is 9.72 Å². The number of likely N-dealkylation sites (N-methyl/N-ethyl adjacent to an activating group) is 1. The van der Waals surface area contributed by atoms with Gasteiger partial charge in [0.2, 0.25) is 11.7 Å². The molecule has 1 N–H and O–H groups in total. The summed E-state index contributed by atoms with van der Waals surface area (Å²) in [7, 11) is 1.55. The van der Waals surface area contributed by atoms with Gasteiger partial charge in [-0.1, -0.05) is 11.6 Å². The monoisotopic (exact) mass is 298 g/mol. The molecule has 0 aliphatic carbocycles. The molecule has 2 heterocycles. The predicted octanol–water partition coefficient (Wildman–Crippen LogP) is 1.75. The molecule has 1 fully saturated rings. The van der Waals surface area contributed by atoms with E-state index >= 15 is 0 Å². The maximum Gasteiger partial charge on any atom is 0.311 e. The molecule has 0 saturated carbocycles. The Morgan fingerprint density at radius 3 is 2.95 bits per heavy atom. The second-order valence-corrected chi connectivity index (χ2v) is 4.94. The van der Waals surface area contributed by atoms with Crippen molar-refractivity contribution in [1.82, 2.24) is 10.3 Å². The van der Waals surface area contributed by atoms with Crippen LogP contribution in [0.25, 0.3) is 0 Å². The van der Waals surface area contributed by atoms with Crippen LogP contribution in [0.5, 0.6) is 0 Å². The zero-order chi connectivity index (χ0) is 14.7. The highest BCUT2D eigenvalue weighted by atomic mass is 35.5. The summed E-state index contributed by atoms with van der Waals surface area (Å²) in [6, 6.07) is 2.25. The lowest BCUT2D eigenvalue weighted by molar-refractivity contribution is -0.384. The van der Waals surface area contributed by atoms with E-state index in [1.165, 1.54) is 12.1 Å². The van der Waals surface area contributed by atoms with Crippen molar-refractivity contribution in [2.45, 2.75) is 25.3 Å². The molecule has 108 valence electrons. The van der Waals surface area contributed by atoms with Gasteiger partial charge in [0.05, 0.1) is 4.92 Å². The molecule has 0 bridgehead atoms. The van der Waals surface area contributed by atoms with E-state index in [2.05, 4.69) is 10.3 Å². The number of hydrogen-bond donors (Lipinski definition) is 1. The third-order valence-corrected chi connectivity index (χ3v) is 3.55. The molecule has 0 radical (unpaired) electrons. The van der Waals surface area contributed by atoms with Crippen molar-refractivity contribution >= 4 is 29.0 Å². The summed E-state index contributed by atoms with van der Waals surface area (Å²) in [6.07, 6.45) is 2.41. The van der Waals surface area contributed by atoms with Gasteiger partial charge in [0.25, 0.3) is 0 Å². The fourth-order valence-corrected chi connectivity index (χ4v) is 2.54. The van der Waals surface area contributed by atoms with Crippen molar-refractivity contribution in [3.63, 3.8) is 0 Å². The summed E-state index contributed by atoms with van der Waals surface area (Å²) < 4.78 is 0. The Morgan fingerprint density at radius 2 is 2.30 bits per heavy atom.